The van der Waals surface area contributed by atoms with Crippen LogP contribution in [0, 0.1) is 0 Å². The average Bonchev–Trinajstić information content (AvgIpc) is 3.50. The lowest BCUT2D eigenvalue weighted by molar-refractivity contribution is -0.137. The van der Waals surface area contributed by atoms with Gasteiger partial charge in [0.25, 0.3) is 5.91 Å². The molecule has 1 N–H and O–H groups in total. The number of allylic oxidation sites excluding steroid dienone is 2. The molecule has 11 nitrogen and oxygen atoms in total. The molecule has 0 bridgehead atoms. The van der Waals surface area contributed by atoms with Crippen LogP contribution in [0.25, 0.3) is 11.1 Å². The Morgan fingerprint density at radius 2 is 2.02 bits per heavy atom. The Morgan fingerprint density at radius 1 is 1.22 bits per heavy atom. The molecule has 2 amide bonds. The number of carbonyl (C=O) groups excluding carboxylic acids is 2. The van der Waals surface area contributed by atoms with E-state index in [0.29, 0.717) is 66.0 Å². The number of anilines is 3. The first-order chi connectivity index (χ1) is 22.0. The van der Waals surface area contributed by atoms with E-state index in [1.165, 1.54) is 16.8 Å². The SMILES string of the molecule is C=CC(=O)N1N=C2C(=C(CC)N(CC(=O)Nc3ccc(C(F)(F)F)cc3Cl)c3nc(C4=CCOCC4)nn32)c2ccc(OC)cc21. The summed E-state index contributed by atoms with van der Waals surface area (Å²) in [5.74, 6) is 0.420. The molecule has 6 rings (SSSR count). The fraction of sp³-hybridized carbons (Fsp3) is 0.258. The number of alkyl halides is 3. The van der Waals surface area contributed by atoms with Crippen molar-refractivity contribution < 1.29 is 32.2 Å². The van der Waals surface area contributed by atoms with Crippen LogP contribution in [0.4, 0.5) is 30.5 Å². The van der Waals surface area contributed by atoms with E-state index < -0.39 is 23.6 Å². The summed E-state index contributed by atoms with van der Waals surface area (Å²) in [7, 11) is 1.51. The number of carbonyl (C=O) groups is 2. The van der Waals surface area contributed by atoms with Crippen LogP contribution in [-0.4, -0.2) is 59.3 Å². The van der Waals surface area contributed by atoms with Gasteiger partial charge in [0.15, 0.2) is 11.7 Å². The van der Waals surface area contributed by atoms with Crippen LogP contribution in [0.15, 0.2) is 65.9 Å². The third kappa shape index (κ3) is 5.54. The second-order valence-electron chi connectivity index (χ2n) is 10.4. The quantitative estimate of drug-likeness (QED) is 0.324. The summed E-state index contributed by atoms with van der Waals surface area (Å²) in [6.07, 6.45) is -0.596. The predicted molar refractivity (Wildman–Crippen MR) is 167 cm³/mol. The lowest BCUT2D eigenvalue weighted by Gasteiger charge is -2.36. The highest BCUT2D eigenvalue weighted by atomic mass is 35.5. The number of halogens is 4. The van der Waals surface area contributed by atoms with Gasteiger partial charge >= 0.3 is 6.18 Å². The minimum absolute atomic E-state index is 0.0211. The molecule has 0 fully saturated rings. The van der Waals surface area contributed by atoms with E-state index in [1.54, 1.807) is 23.1 Å². The maximum atomic E-state index is 13.5. The maximum Gasteiger partial charge on any atom is 0.416 e. The van der Waals surface area contributed by atoms with Gasteiger partial charge in [0.05, 0.1) is 47.9 Å². The van der Waals surface area contributed by atoms with Crippen LogP contribution >= 0.6 is 11.6 Å². The van der Waals surface area contributed by atoms with Gasteiger partial charge in [-0.05, 0) is 54.8 Å². The number of ether oxygens (including phenoxy) is 2. The van der Waals surface area contributed by atoms with Crippen molar-refractivity contribution in [3.8, 4) is 5.75 Å². The number of methoxy groups -OCH3 is 1. The first-order valence-corrected chi connectivity index (χ1v) is 14.6. The van der Waals surface area contributed by atoms with E-state index in [0.717, 1.165) is 29.8 Å². The van der Waals surface area contributed by atoms with Crippen molar-refractivity contribution in [1.82, 2.24) is 14.8 Å². The molecular formula is C31H27ClF3N7O4. The Bertz CT molecular complexity index is 1860. The van der Waals surface area contributed by atoms with Crippen molar-refractivity contribution in [2.24, 2.45) is 5.10 Å². The molecular weight excluding hydrogens is 627 g/mol. The monoisotopic (exact) mass is 653 g/mol. The van der Waals surface area contributed by atoms with Crippen molar-refractivity contribution in [1.29, 1.82) is 0 Å². The standard InChI is InChI=1S/C31H27ClF3N7O4/c1-4-23-27-20-8-7-19(45-3)15-24(20)41(26(44)5-2)39-29(27)42-30(37-28(38-42)17-10-12-46-13-11-17)40(23)16-25(43)36-22-9-6-18(14-21(22)32)31(33,34)35/h5-10,14-15H,2,4,11-13,16H2,1,3H3,(H,36,43). The highest BCUT2D eigenvalue weighted by Gasteiger charge is 2.40. The predicted octanol–water partition coefficient (Wildman–Crippen LogP) is 5.74. The number of hydrogen-bond donors (Lipinski definition) is 1. The lowest BCUT2D eigenvalue weighted by Crippen LogP contribution is -2.43. The van der Waals surface area contributed by atoms with Gasteiger partial charge in [-0.2, -0.15) is 27.8 Å². The zero-order valence-corrected chi connectivity index (χ0v) is 25.4. The maximum absolute atomic E-state index is 13.5. The Kier molecular flexibility index (Phi) is 8.17. The number of nitrogens with one attached hydrogen (secondary N) is 1. The number of hydrazone groups is 1. The lowest BCUT2D eigenvalue weighted by atomic mass is 9.95. The van der Waals surface area contributed by atoms with Gasteiger partial charge in [-0.25, -0.2) is 0 Å². The zero-order chi connectivity index (χ0) is 32.7. The van der Waals surface area contributed by atoms with Crippen molar-refractivity contribution >= 4 is 57.7 Å². The smallest absolute Gasteiger partial charge is 0.416 e. The molecule has 0 unspecified atom stereocenters. The van der Waals surface area contributed by atoms with Crippen LogP contribution in [0.1, 0.15) is 36.7 Å². The average molecular weight is 654 g/mol. The van der Waals surface area contributed by atoms with Gasteiger partial charge in [0.2, 0.25) is 11.9 Å². The third-order valence-electron chi connectivity index (χ3n) is 7.61. The van der Waals surface area contributed by atoms with Crippen molar-refractivity contribution in [3.63, 3.8) is 0 Å². The molecule has 15 heteroatoms. The molecule has 0 saturated carbocycles. The summed E-state index contributed by atoms with van der Waals surface area (Å²) in [6.45, 7) is 6.10. The number of aromatic nitrogens is 3. The Balaban J connectivity index is 1.47. The van der Waals surface area contributed by atoms with E-state index in [2.05, 4.69) is 11.9 Å². The zero-order valence-electron chi connectivity index (χ0n) is 24.7. The molecule has 3 aliphatic rings. The van der Waals surface area contributed by atoms with Gasteiger partial charge in [-0.1, -0.05) is 31.2 Å². The van der Waals surface area contributed by atoms with Gasteiger partial charge in [-0.15, -0.1) is 10.2 Å². The van der Waals surface area contributed by atoms with E-state index in [9.17, 15) is 22.8 Å². The third-order valence-corrected chi connectivity index (χ3v) is 7.92. The molecule has 0 radical (unpaired) electrons. The number of nitrogens with zero attached hydrogens (tertiary/aromatic N) is 6. The van der Waals surface area contributed by atoms with E-state index in [-0.39, 0.29) is 23.2 Å². The second kappa shape index (κ2) is 12.1. The van der Waals surface area contributed by atoms with Gasteiger partial charge < -0.3 is 19.7 Å². The van der Waals surface area contributed by atoms with Crippen molar-refractivity contribution in [2.75, 3.05) is 42.1 Å². The van der Waals surface area contributed by atoms with Gasteiger partial charge in [0, 0.05) is 17.3 Å². The molecule has 4 heterocycles. The van der Waals surface area contributed by atoms with Crippen LogP contribution in [0.5, 0.6) is 5.75 Å². The molecule has 1 aromatic heterocycles. The highest BCUT2D eigenvalue weighted by molar-refractivity contribution is 6.34. The van der Waals surface area contributed by atoms with Crippen LogP contribution < -0.4 is 20.0 Å². The molecule has 46 heavy (non-hydrogen) atoms. The fourth-order valence-corrected chi connectivity index (χ4v) is 5.66. The molecule has 2 aromatic carbocycles. The normalized spacial score (nSPS) is 15.8. The summed E-state index contributed by atoms with van der Waals surface area (Å²) in [5, 5.41) is 13.0. The van der Waals surface area contributed by atoms with Gasteiger partial charge in [0.1, 0.15) is 12.3 Å². The summed E-state index contributed by atoms with van der Waals surface area (Å²) in [4.78, 5) is 33.0. The molecule has 3 aliphatic heterocycles. The summed E-state index contributed by atoms with van der Waals surface area (Å²) in [5.41, 5.74) is 2.25. The number of hydrogen-bond acceptors (Lipinski definition) is 8. The summed E-state index contributed by atoms with van der Waals surface area (Å²) in [6, 6.07) is 7.93. The Labute approximate surface area is 266 Å². The molecule has 0 aliphatic carbocycles. The van der Waals surface area contributed by atoms with E-state index in [4.69, 9.17) is 36.3 Å². The highest BCUT2D eigenvalue weighted by Crippen LogP contribution is 2.43. The van der Waals surface area contributed by atoms with E-state index in [1.807, 2.05) is 13.0 Å². The largest absolute Gasteiger partial charge is 0.497 e. The second-order valence-corrected chi connectivity index (χ2v) is 10.8. The molecule has 0 atom stereocenters. The van der Waals surface area contributed by atoms with E-state index >= 15 is 0 Å². The number of rotatable bonds is 7. The van der Waals surface area contributed by atoms with Crippen LogP contribution in [0.3, 0.4) is 0 Å². The molecule has 3 aromatic rings. The minimum Gasteiger partial charge on any atom is -0.497 e. The van der Waals surface area contributed by atoms with Crippen molar-refractivity contribution in [3.05, 3.63) is 82.8 Å². The topological polar surface area (TPSA) is 114 Å². The number of benzene rings is 2. The first kappa shape index (κ1) is 31.0. The summed E-state index contributed by atoms with van der Waals surface area (Å²) >= 11 is 6.13. The first-order valence-electron chi connectivity index (χ1n) is 14.2. The Morgan fingerprint density at radius 3 is 2.67 bits per heavy atom. The van der Waals surface area contributed by atoms with Crippen molar-refractivity contribution in [2.45, 2.75) is 25.9 Å². The Hall–Kier alpha value is -4.95. The minimum atomic E-state index is -4.59. The molecule has 238 valence electrons. The number of amides is 2. The van der Waals surface area contributed by atoms with Crippen LogP contribution in [-0.2, 0) is 20.5 Å². The number of fused-ring (bicyclic) bond motifs is 5. The molecule has 0 saturated heterocycles. The molecule has 0 spiro atoms. The summed E-state index contributed by atoms with van der Waals surface area (Å²) < 4.78 is 51.9. The van der Waals surface area contributed by atoms with Crippen LogP contribution in [0.2, 0.25) is 5.02 Å². The fourth-order valence-electron chi connectivity index (χ4n) is 5.43. The van der Waals surface area contributed by atoms with Gasteiger partial charge in [-0.3, -0.25) is 9.59 Å².